The molecule has 0 bridgehead atoms. The Morgan fingerprint density at radius 1 is 1.43 bits per heavy atom. The lowest BCUT2D eigenvalue weighted by Gasteiger charge is -2.14. The van der Waals surface area contributed by atoms with E-state index in [9.17, 15) is 9.59 Å². The van der Waals surface area contributed by atoms with Crippen LogP contribution in [0.25, 0.3) is 0 Å². The van der Waals surface area contributed by atoms with Crippen LogP contribution in [0.15, 0.2) is 29.7 Å². The van der Waals surface area contributed by atoms with E-state index in [1.807, 2.05) is 32.0 Å². The van der Waals surface area contributed by atoms with Crippen molar-refractivity contribution in [1.82, 2.24) is 4.90 Å². The van der Waals surface area contributed by atoms with Crippen molar-refractivity contribution in [2.45, 2.75) is 6.92 Å². The molecule has 0 amide bonds. The number of hydrogen-bond donors (Lipinski definition) is 2. The highest BCUT2D eigenvalue weighted by molar-refractivity contribution is 6.19. The predicted molar refractivity (Wildman–Crippen MR) is 84.5 cm³/mol. The number of carbonyl (C=O) groups excluding carboxylic acids is 1. The SMILES string of the molecule is Cc1cc(OCCN(C)C)ccc1NC1=C(C(=O)O)C(=O)CO1. The van der Waals surface area contributed by atoms with Crippen LogP contribution in [0.5, 0.6) is 5.75 Å². The van der Waals surface area contributed by atoms with Crippen LogP contribution in [-0.2, 0) is 14.3 Å². The van der Waals surface area contributed by atoms with Crippen molar-refractivity contribution in [2.24, 2.45) is 0 Å². The van der Waals surface area contributed by atoms with E-state index in [1.54, 1.807) is 12.1 Å². The van der Waals surface area contributed by atoms with Gasteiger partial charge in [-0.3, -0.25) is 4.79 Å². The first-order valence-electron chi connectivity index (χ1n) is 7.17. The molecular weight excluding hydrogens is 300 g/mol. The van der Waals surface area contributed by atoms with Crippen LogP contribution < -0.4 is 10.1 Å². The van der Waals surface area contributed by atoms with Crippen molar-refractivity contribution >= 4 is 17.4 Å². The van der Waals surface area contributed by atoms with Gasteiger partial charge in [0.25, 0.3) is 0 Å². The summed E-state index contributed by atoms with van der Waals surface area (Å²) in [4.78, 5) is 24.6. The summed E-state index contributed by atoms with van der Waals surface area (Å²) < 4.78 is 10.8. The second-order valence-electron chi connectivity index (χ2n) is 5.47. The van der Waals surface area contributed by atoms with Gasteiger partial charge in [0.1, 0.15) is 12.4 Å². The standard InChI is InChI=1S/C16H20N2O5/c1-10-8-11(22-7-6-18(2)3)4-5-12(10)17-15-14(16(20)21)13(19)9-23-15/h4-5,8,17H,6-7,9H2,1-3H3,(H,20,21). The Morgan fingerprint density at radius 2 is 2.17 bits per heavy atom. The molecule has 7 heteroatoms. The molecule has 124 valence electrons. The Bertz CT molecular complexity index is 652. The van der Waals surface area contributed by atoms with Gasteiger partial charge in [0.05, 0.1) is 0 Å². The number of Topliss-reactive ketones (excluding diaryl/α,β-unsaturated/α-hetero) is 1. The van der Waals surface area contributed by atoms with Crippen LogP contribution in [0.4, 0.5) is 5.69 Å². The van der Waals surface area contributed by atoms with E-state index in [2.05, 4.69) is 5.32 Å². The number of aliphatic carboxylic acids is 1. The van der Waals surface area contributed by atoms with E-state index in [-0.39, 0.29) is 18.1 Å². The van der Waals surface area contributed by atoms with Gasteiger partial charge < -0.3 is 24.8 Å². The van der Waals surface area contributed by atoms with E-state index in [0.29, 0.717) is 12.3 Å². The highest BCUT2D eigenvalue weighted by Gasteiger charge is 2.31. The summed E-state index contributed by atoms with van der Waals surface area (Å²) in [6, 6.07) is 5.39. The number of nitrogens with zero attached hydrogens (tertiary/aromatic N) is 1. The fourth-order valence-corrected chi connectivity index (χ4v) is 2.06. The van der Waals surface area contributed by atoms with Gasteiger partial charge in [-0.25, -0.2) is 4.79 Å². The lowest BCUT2D eigenvalue weighted by molar-refractivity contribution is -0.134. The Kier molecular flexibility index (Phi) is 5.23. The molecule has 1 aromatic carbocycles. The number of rotatable bonds is 7. The van der Waals surface area contributed by atoms with Crippen molar-refractivity contribution in [3.63, 3.8) is 0 Å². The molecule has 0 aliphatic carbocycles. The van der Waals surface area contributed by atoms with Crippen molar-refractivity contribution in [1.29, 1.82) is 0 Å². The van der Waals surface area contributed by atoms with Crippen molar-refractivity contribution in [3.8, 4) is 5.75 Å². The minimum absolute atomic E-state index is 0.0214. The third-order valence-electron chi connectivity index (χ3n) is 3.32. The molecule has 0 atom stereocenters. The molecule has 1 heterocycles. The molecule has 0 radical (unpaired) electrons. The zero-order valence-electron chi connectivity index (χ0n) is 13.4. The van der Waals surface area contributed by atoms with E-state index in [1.165, 1.54) is 0 Å². The molecule has 0 spiro atoms. The highest BCUT2D eigenvalue weighted by atomic mass is 16.5. The van der Waals surface area contributed by atoms with Crippen LogP contribution in [-0.4, -0.2) is 55.6 Å². The average molecular weight is 320 g/mol. The molecule has 2 rings (SSSR count). The number of anilines is 1. The first kappa shape index (κ1) is 16.8. The number of likely N-dealkylation sites (N-methyl/N-ethyl adjacent to an activating group) is 1. The summed E-state index contributed by atoms with van der Waals surface area (Å²) in [5.41, 5.74) is 1.16. The van der Waals surface area contributed by atoms with Crippen molar-refractivity contribution in [2.75, 3.05) is 39.2 Å². The van der Waals surface area contributed by atoms with Crippen LogP contribution in [0.2, 0.25) is 0 Å². The van der Waals surface area contributed by atoms with Crippen LogP contribution in [0, 0.1) is 6.92 Å². The molecule has 1 aliphatic rings. The smallest absolute Gasteiger partial charge is 0.344 e. The average Bonchev–Trinajstić information content (AvgIpc) is 2.82. The molecule has 0 fully saturated rings. The summed E-state index contributed by atoms with van der Waals surface area (Å²) in [5, 5.41) is 11.9. The molecular formula is C16H20N2O5. The van der Waals surface area contributed by atoms with Gasteiger partial charge in [0, 0.05) is 12.2 Å². The molecule has 1 aromatic rings. The highest BCUT2D eigenvalue weighted by Crippen LogP contribution is 2.25. The number of benzene rings is 1. The van der Waals surface area contributed by atoms with Crippen molar-refractivity contribution < 1.29 is 24.2 Å². The van der Waals surface area contributed by atoms with Gasteiger partial charge >= 0.3 is 5.97 Å². The number of carboxylic acids is 1. The summed E-state index contributed by atoms with van der Waals surface area (Å²) >= 11 is 0. The van der Waals surface area contributed by atoms with Gasteiger partial charge in [-0.2, -0.15) is 0 Å². The number of ketones is 1. The van der Waals surface area contributed by atoms with E-state index < -0.39 is 11.8 Å². The first-order valence-corrected chi connectivity index (χ1v) is 7.17. The Hall–Kier alpha value is -2.54. The molecule has 0 aromatic heterocycles. The summed E-state index contributed by atoms with van der Waals surface area (Å²) in [6.45, 7) is 2.99. The van der Waals surface area contributed by atoms with E-state index in [0.717, 1.165) is 17.9 Å². The zero-order valence-corrected chi connectivity index (χ0v) is 13.4. The van der Waals surface area contributed by atoms with Gasteiger partial charge in [-0.05, 0) is 44.8 Å². The number of hydrogen-bond acceptors (Lipinski definition) is 6. The van der Waals surface area contributed by atoms with Crippen LogP contribution in [0.3, 0.4) is 0 Å². The Labute approximate surface area is 134 Å². The van der Waals surface area contributed by atoms with Crippen LogP contribution in [0.1, 0.15) is 5.56 Å². The molecule has 0 saturated heterocycles. The van der Waals surface area contributed by atoms with Gasteiger partial charge in [0.2, 0.25) is 11.7 Å². The first-order chi connectivity index (χ1) is 10.9. The molecule has 2 N–H and O–H groups in total. The van der Waals surface area contributed by atoms with Crippen LogP contribution >= 0.6 is 0 Å². The number of carbonyl (C=O) groups is 2. The monoisotopic (exact) mass is 320 g/mol. The van der Waals surface area contributed by atoms with E-state index in [4.69, 9.17) is 14.6 Å². The minimum atomic E-state index is -1.30. The Morgan fingerprint density at radius 3 is 2.78 bits per heavy atom. The molecule has 23 heavy (non-hydrogen) atoms. The molecule has 1 aliphatic heterocycles. The second-order valence-corrected chi connectivity index (χ2v) is 5.47. The number of aryl methyl sites for hydroxylation is 1. The normalized spacial score (nSPS) is 14.2. The van der Waals surface area contributed by atoms with Gasteiger partial charge in [-0.1, -0.05) is 0 Å². The third-order valence-corrected chi connectivity index (χ3v) is 3.32. The van der Waals surface area contributed by atoms with Crippen molar-refractivity contribution in [3.05, 3.63) is 35.2 Å². The minimum Gasteiger partial charge on any atom is -0.492 e. The maximum atomic E-state index is 11.5. The topological polar surface area (TPSA) is 88.1 Å². The number of ether oxygens (including phenoxy) is 2. The zero-order chi connectivity index (χ0) is 17.0. The largest absolute Gasteiger partial charge is 0.492 e. The molecule has 7 nitrogen and oxygen atoms in total. The Balaban J connectivity index is 2.09. The predicted octanol–water partition coefficient (Wildman–Crippen LogP) is 1.24. The van der Waals surface area contributed by atoms with Gasteiger partial charge in [-0.15, -0.1) is 0 Å². The lowest BCUT2D eigenvalue weighted by atomic mass is 10.1. The number of carboxylic acid groups (broad SMARTS) is 1. The fourth-order valence-electron chi connectivity index (χ4n) is 2.06. The maximum Gasteiger partial charge on any atom is 0.344 e. The fraction of sp³-hybridized carbons (Fsp3) is 0.375. The molecule has 0 unspecified atom stereocenters. The maximum absolute atomic E-state index is 11.5. The second kappa shape index (κ2) is 7.15. The quantitative estimate of drug-likeness (QED) is 0.731. The summed E-state index contributed by atoms with van der Waals surface area (Å²) in [6.07, 6.45) is 0. The summed E-state index contributed by atoms with van der Waals surface area (Å²) in [7, 11) is 3.94. The third kappa shape index (κ3) is 4.23. The van der Waals surface area contributed by atoms with E-state index >= 15 is 0 Å². The molecule has 0 saturated carbocycles. The summed E-state index contributed by atoms with van der Waals surface area (Å²) in [5.74, 6) is -1.13. The number of nitrogens with one attached hydrogen (secondary N) is 1. The van der Waals surface area contributed by atoms with Gasteiger partial charge in [0.15, 0.2) is 12.2 Å². The lowest BCUT2D eigenvalue weighted by Crippen LogP contribution is -2.19.